The summed E-state index contributed by atoms with van der Waals surface area (Å²) in [4.78, 5) is 14.6. The summed E-state index contributed by atoms with van der Waals surface area (Å²) in [5, 5.41) is 45.1. The minimum Gasteiger partial charge on any atom is -0.494 e. The van der Waals surface area contributed by atoms with Crippen LogP contribution in [0.4, 0.5) is 0 Å². The summed E-state index contributed by atoms with van der Waals surface area (Å²) in [6.07, 6.45) is 0.755. The molecule has 2 aliphatic rings. The van der Waals surface area contributed by atoms with Gasteiger partial charge in [0.25, 0.3) is 5.56 Å². The molecule has 0 unspecified atom stereocenters. The summed E-state index contributed by atoms with van der Waals surface area (Å²) in [5.41, 5.74) is -1.25. The van der Waals surface area contributed by atoms with Crippen LogP contribution in [0.15, 0.2) is 53.5 Å². The highest BCUT2D eigenvalue weighted by atomic mass is 35.5. The third-order valence-corrected chi connectivity index (χ3v) is 7.72. The zero-order chi connectivity index (χ0) is 26.1. The van der Waals surface area contributed by atoms with Crippen LogP contribution < -0.4 is 10.3 Å². The predicted molar refractivity (Wildman–Crippen MR) is 134 cm³/mol. The van der Waals surface area contributed by atoms with Gasteiger partial charge in [0, 0.05) is 35.9 Å². The second kappa shape index (κ2) is 8.02. The molecule has 2 aromatic carbocycles. The molecule has 0 saturated carbocycles. The van der Waals surface area contributed by atoms with E-state index in [4.69, 9.17) is 21.1 Å². The van der Waals surface area contributed by atoms with Gasteiger partial charge < -0.3 is 29.8 Å². The number of ether oxygens (including phenoxy) is 2. The van der Waals surface area contributed by atoms with Crippen LogP contribution in [0.25, 0.3) is 16.5 Å². The Labute approximate surface area is 215 Å². The smallest absolute Gasteiger partial charge is 0.290 e. The number of aromatic amines is 1. The third kappa shape index (κ3) is 3.20. The standard InChI is InChI=1S/C27H22ClN3O6/c1-26-20(32)11-27(37-26,8-9-36-19-10-15(28)13-30-23(19)33)22-21(26)24(34)31(25(22)35)18-7-6-14(12-29)16-4-2-3-5-17(16)18/h2-7,10,13,20,32,34-35H,8-9,11H2,1H3,(H,30,33)/t20-,26-,27+/m0/s1. The molecule has 0 radical (unpaired) electrons. The van der Waals surface area contributed by atoms with Crippen molar-refractivity contribution in [3.05, 3.63) is 80.7 Å². The summed E-state index contributed by atoms with van der Waals surface area (Å²) in [6.45, 7) is 1.70. The number of aromatic hydroxyl groups is 2. The van der Waals surface area contributed by atoms with Gasteiger partial charge in [-0.15, -0.1) is 0 Å². The fraction of sp³-hybridized carbons (Fsp3) is 0.259. The molecule has 1 fully saturated rings. The van der Waals surface area contributed by atoms with Gasteiger partial charge in [0.05, 0.1) is 46.2 Å². The third-order valence-electron chi connectivity index (χ3n) is 7.50. The lowest BCUT2D eigenvalue weighted by molar-refractivity contribution is -0.107. The molecular weight excluding hydrogens is 498 g/mol. The van der Waals surface area contributed by atoms with Crippen molar-refractivity contribution in [2.24, 2.45) is 0 Å². The average molecular weight is 520 g/mol. The molecule has 3 atom stereocenters. The number of H-pyrrole nitrogens is 1. The fourth-order valence-electron chi connectivity index (χ4n) is 5.80. The lowest BCUT2D eigenvalue weighted by Gasteiger charge is -2.26. The minimum atomic E-state index is -1.27. The number of nitrogens with one attached hydrogen (secondary N) is 1. The molecule has 0 amide bonds. The number of benzene rings is 2. The number of nitriles is 1. The fourth-order valence-corrected chi connectivity index (χ4v) is 5.95. The van der Waals surface area contributed by atoms with E-state index in [-0.39, 0.29) is 37.0 Å². The highest BCUT2D eigenvalue weighted by Crippen LogP contribution is 2.65. The summed E-state index contributed by atoms with van der Waals surface area (Å²) < 4.78 is 13.3. The first-order valence-corrected chi connectivity index (χ1v) is 12.1. The quantitative estimate of drug-likeness (QED) is 0.313. The van der Waals surface area contributed by atoms with Gasteiger partial charge in [-0.2, -0.15) is 5.26 Å². The van der Waals surface area contributed by atoms with E-state index in [1.165, 1.54) is 16.8 Å². The minimum absolute atomic E-state index is 0.0246. The first-order chi connectivity index (χ1) is 17.7. The monoisotopic (exact) mass is 519 g/mol. The van der Waals surface area contributed by atoms with Crippen LogP contribution in [-0.2, 0) is 15.9 Å². The van der Waals surface area contributed by atoms with Crippen molar-refractivity contribution in [3.8, 4) is 29.3 Å². The molecule has 0 spiro atoms. The topological polar surface area (TPSA) is 141 Å². The van der Waals surface area contributed by atoms with Gasteiger partial charge in [0.15, 0.2) is 5.75 Å². The van der Waals surface area contributed by atoms with Crippen molar-refractivity contribution in [1.82, 2.24) is 9.55 Å². The van der Waals surface area contributed by atoms with Crippen molar-refractivity contribution in [2.75, 3.05) is 6.61 Å². The highest BCUT2D eigenvalue weighted by molar-refractivity contribution is 6.30. The number of hydrogen-bond acceptors (Lipinski definition) is 7. The number of rotatable bonds is 5. The van der Waals surface area contributed by atoms with E-state index in [0.29, 0.717) is 38.2 Å². The molecular formula is C27H22ClN3O6. The van der Waals surface area contributed by atoms with Gasteiger partial charge in [-0.25, -0.2) is 0 Å². The average Bonchev–Trinajstić information content (AvgIpc) is 3.41. The maximum Gasteiger partial charge on any atom is 0.290 e. The van der Waals surface area contributed by atoms with Crippen LogP contribution in [0.2, 0.25) is 5.02 Å². The van der Waals surface area contributed by atoms with E-state index in [1.807, 2.05) is 18.2 Å². The largest absolute Gasteiger partial charge is 0.494 e. The number of aromatic nitrogens is 2. The van der Waals surface area contributed by atoms with Gasteiger partial charge in [0.1, 0.15) is 11.2 Å². The molecule has 4 aromatic rings. The zero-order valence-corrected chi connectivity index (χ0v) is 20.4. The zero-order valence-electron chi connectivity index (χ0n) is 19.7. The number of fused-ring (bicyclic) bond motifs is 6. The molecule has 0 aliphatic carbocycles. The highest BCUT2D eigenvalue weighted by Gasteiger charge is 2.66. The van der Waals surface area contributed by atoms with Gasteiger partial charge in [0.2, 0.25) is 11.8 Å². The van der Waals surface area contributed by atoms with Crippen molar-refractivity contribution >= 4 is 22.4 Å². The maximum absolute atomic E-state index is 12.1. The number of halogens is 1. The first kappa shape index (κ1) is 23.4. The number of hydrogen-bond donors (Lipinski definition) is 4. The molecule has 10 heteroatoms. The Morgan fingerprint density at radius 3 is 2.70 bits per heavy atom. The Balaban J connectivity index is 1.46. The molecule has 2 bridgehead atoms. The van der Waals surface area contributed by atoms with Gasteiger partial charge in [-0.3, -0.25) is 9.36 Å². The van der Waals surface area contributed by atoms with Crippen LogP contribution in [0.1, 0.15) is 36.5 Å². The summed E-state index contributed by atoms with van der Waals surface area (Å²) in [5.74, 6) is -0.437. The number of pyridine rings is 1. The van der Waals surface area contributed by atoms with Gasteiger partial charge in [-0.1, -0.05) is 35.9 Å². The van der Waals surface area contributed by atoms with E-state index in [2.05, 4.69) is 11.1 Å². The molecule has 2 aromatic heterocycles. The van der Waals surface area contributed by atoms with E-state index < -0.39 is 22.9 Å². The number of nitrogens with zero attached hydrogens (tertiary/aromatic N) is 2. The van der Waals surface area contributed by atoms with Crippen LogP contribution in [0, 0.1) is 11.3 Å². The Morgan fingerprint density at radius 2 is 1.95 bits per heavy atom. The normalized spacial score (nSPS) is 23.8. The van der Waals surface area contributed by atoms with Crippen molar-refractivity contribution in [2.45, 2.75) is 37.1 Å². The second-order valence-electron chi connectivity index (χ2n) is 9.56. The molecule has 188 valence electrons. The molecule has 37 heavy (non-hydrogen) atoms. The molecule has 2 aliphatic heterocycles. The Bertz CT molecular complexity index is 1690. The number of aliphatic hydroxyl groups excluding tert-OH is 1. The summed E-state index contributed by atoms with van der Waals surface area (Å²) in [6, 6.07) is 14.1. The molecule has 9 nitrogen and oxygen atoms in total. The van der Waals surface area contributed by atoms with Crippen molar-refractivity contribution in [1.29, 1.82) is 5.26 Å². The predicted octanol–water partition coefficient (Wildman–Crippen LogP) is 3.93. The number of aliphatic hydroxyl groups is 1. The van der Waals surface area contributed by atoms with Crippen LogP contribution >= 0.6 is 11.6 Å². The Hall–Kier alpha value is -3.97. The van der Waals surface area contributed by atoms with Crippen molar-refractivity contribution < 1.29 is 24.8 Å². The first-order valence-electron chi connectivity index (χ1n) is 11.7. The Kier molecular flexibility index (Phi) is 5.08. The van der Waals surface area contributed by atoms with E-state index >= 15 is 0 Å². The summed E-state index contributed by atoms with van der Waals surface area (Å²) in [7, 11) is 0. The molecule has 6 rings (SSSR count). The molecule has 4 N–H and O–H groups in total. The van der Waals surface area contributed by atoms with Crippen LogP contribution in [0.3, 0.4) is 0 Å². The SMILES string of the molecule is C[C@]12O[C@](CCOc3cc(Cl)c[nH]c3=O)(C[C@@H]1O)c1c2c(O)n(-c2ccc(C#N)c3ccccc23)c1O. The Morgan fingerprint density at radius 1 is 1.22 bits per heavy atom. The maximum atomic E-state index is 12.1. The molecule has 4 heterocycles. The van der Waals surface area contributed by atoms with E-state index in [9.17, 15) is 25.4 Å². The summed E-state index contributed by atoms with van der Waals surface area (Å²) >= 11 is 5.96. The van der Waals surface area contributed by atoms with Crippen LogP contribution in [0.5, 0.6) is 17.5 Å². The van der Waals surface area contributed by atoms with Crippen molar-refractivity contribution in [3.63, 3.8) is 0 Å². The van der Waals surface area contributed by atoms with E-state index in [1.54, 1.807) is 25.1 Å². The van der Waals surface area contributed by atoms with E-state index in [0.717, 1.165) is 0 Å². The second-order valence-corrected chi connectivity index (χ2v) is 9.99. The molecule has 1 saturated heterocycles. The van der Waals surface area contributed by atoms with Crippen LogP contribution in [-0.4, -0.2) is 37.6 Å². The van der Waals surface area contributed by atoms with Gasteiger partial charge in [-0.05, 0) is 19.1 Å². The lowest BCUT2D eigenvalue weighted by Crippen LogP contribution is -2.33. The lowest BCUT2D eigenvalue weighted by atomic mass is 9.76. The van der Waals surface area contributed by atoms with Gasteiger partial charge >= 0.3 is 0 Å².